The number of carbonyl (C=O) groups is 1. The SMILES string of the molecule is CC[NH+](CC)[C@H]1C(=O)Nc2ccc(Cl)cc2[C@@H]1c1ccccc1. The number of likely N-dealkylation sites (N-methyl/N-ethyl adjacent to an activating group) is 1. The summed E-state index contributed by atoms with van der Waals surface area (Å²) in [4.78, 5) is 14.1. The lowest BCUT2D eigenvalue weighted by molar-refractivity contribution is -0.913. The van der Waals surface area contributed by atoms with Crippen LogP contribution in [0.3, 0.4) is 0 Å². The molecule has 2 aromatic rings. The minimum Gasteiger partial charge on any atom is -0.324 e. The number of amides is 1. The van der Waals surface area contributed by atoms with Crippen LogP contribution in [0.5, 0.6) is 0 Å². The predicted octanol–water partition coefficient (Wildman–Crippen LogP) is 2.72. The molecule has 1 amide bonds. The van der Waals surface area contributed by atoms with Crippen LogP contribution < -0.4 is 10.2 Å². The van der Waals surface area contributed by atoms with Crippen molar-refractivity contribution in [3.8, 4) is 0 Å². The number of quaternary nitrogens is 1. The van der Waals surface area contributed by atoms with E-state index in [0.29, 0.717) is 5.02 Å². The largest absolute Gasteiger partial charge is 0.324 e. The molecule has 0 bridgehead atoms. The van der Waals surface area contributed by atoms with Crippen LogP contribution in [-0.4, -0.2) is 25.0 Å². The van der Waals surface area contributed by atoms with Gasteiger partial charge in [-0.25, -0.2) is 0 Å². The molecule has 0 aliphatic carbocycles. The van der Waals surface area contributed by atoms with E-state index in [2.05, 4.69) is 31.3 Å². The zero-order valence-electron chi connectivity index (χ0n) is 13.5. The normalized spacial score (nSPS) is 20.3. The number of carbonyl (C=O) groups excluding carboxylic acids is 1. The van der Waals surface area contributed by atoms with Crippen molar-refractivity contribution in [1.29, 1.82) is 0 Å². The molecule has 3 rings (SSSR count). The van der Waals surface area contributed by atoms with Gasteiger partial charge in [-0.1, -0.05) is 41.9 Å². The Hall–Kier alpha value is -1.84. The maximum Gasteiger partial charge on any atom is 0.283 e. The van der Waals surface area contributed by atoms with Gasteiger partial charge in [0.2, 0.25) is 0 Å². The fourth-order valence-electron chi connectivity index (χ4n) is 3.59. The highest BCUT2D eigenvalue weighted by atomic mass is 35.5. The van der Waals surface area contributed by atoms with Crippen molar-refractivity contribution in [1.82, 2.24) is 0 Å². The summed E-state index contributed by atoms with van der Waals surface area (Å²) < 4.78 is 0. The molecule has 0 saturated heterocycles. The molecule has 1 aliphatic rings. The van der Waals surface area contributed by atoms with Gasteiger partial charge >= 0.3 is 0 Å². The van der Waals surface area contributed by atoms with E-state index in [-0.39, 0.29) is 17.9 Å². The van der Waals surface area contributed by atoms with Gasteiger partial charge in [-0.05, 0) is 43.2 Å². The molecule has 23 heavy (non-hydrogen) atoms. The maximum absolute atomic E-state index is 12.8. The van der Waals surface area contributed by atoms with Gasteiger partial charge in [0.1, 0.15) is 0 Å². The van der Waals surface area contributed by atoms with Crippen molar-refractivity contribution < 1.29 is 9.69 Å². The van der Waals surface area contributed by atoms with Crippen LogP contribution in [0.1, 0.15) is 30.9 Å². The summed E-state index contributed by atoms with van der Waals surface area (Å²) in [5.74, 6) is 0.112. The summed E-state index contributed by atoms with van der Waals surface area (Å²) >= 11 is 6.24. The van der Waals surface area contributed by atoms with E-state index in [0.717, 1.165) is 29.9 Å². The zero-order chi connectivity index (χ0) is 16.4. The maximum atomic E-state index is 12.8. The summed E-state index contributed by atoms with van der Waals surface area (Å²) in [6.45, 7) is 6.07. The molecule has 2 atom stereocenters. The van der Waals surface area contributed by atoms with E-state index < -0.39 is 0 Å². The molecule has 2 aromatic carbocycles. The second kappa shape index (κ2) is 6.73. The third kappa shape index (κ3) is 2.99. The molecule has 120 valence electrons. The molecule has 2 N–H and O–H groups in total. The molecule has 0 saturated carbocycles. The molecular formula is C19H22ClN2O+. The van der Waals surface area contributed by atoms with Gasteiger partial charge in [-0.3, -0.25) is 4.79 Å². The molecule has 4 heteroatoms. The van der Waals surface area contributed by atoms with E-state index >= 15 is 0 Å². The summed E-state index contributed by atoms with van der Waals surface area (Å²) in [7, 11) is 0. The van der Waals surface area contributed by atoms with Crippen LogP contribution in [0.2, 0.25) is 5.02 Å². The molecule has 1 heterocycles. The van der Waals surface area contributed by atoms with E-state index in [9.17, 15) is 4.79 Å². The lowest BCUT2D eigenvalue weighted by Crippen LogP contribution is -3.17. The highest BCUT2D eigenvalue weighted by Crippen LogP contribution is 2.37. The Labute approximate surface area is 142 Å². The third-order valence-corrected chi connectivity index (χ3v) is 4.96. The van der Waals surface area contributed by atoms with Crippen LogP contribution >= 0.6 is 11.6 Å². The Bertz CT molecular complexity index is 698. The van der Waals surface area contributed by atoms with E-state index in [1.54, 1.807) is 0 Å². The van der Waals surface area contributed by atoms with Crippen molar-refractivity contribution in [2.75, 3.05) is 18.4 Å². The molecule has 1 aliphatic heterocycles. The molecule has 0 aromatic heterocycles. The van der Waals surface area contributed by atoms with E-state index in [4.69, 9.17) is 11.6 Å². The van der Waals surface area contributed by atoms with Gasteiger partial charge in [0, 0.05) is 10.7 Å². The van der Waals surface area contributed by atoms with Crippen molar-refractivity contribution in [2.24, 2.45) is 0 Å². The minimum atomic E-state index is -0.140. The number of fused-ring (bicyclic) bond motifs is 1. The zero-order valence-corrected chi connectivity index (χ0v) is 14.2. The summed E-state index contributed by atoms with van der Waals surface area (Å²) in [5.41, 5.74) is 3.14. The number of rotatable bonds is 4. The van der Waals surface area contributed by atoms with Gasteiger partial charge in [-0.2, -0.15) is 0 Å². The summed E-state index contributed by atoms with van der Waals surface area (Å²) in [6.07, 6.45) is 0. The molecule has 3 nitrogen and oxygen atoms in total. The Morgan fingerprint density at radius 2 is 1.78 bits per heavy atom. The Kier molecular flexibility index (Phi) is 4.69. The van der Waals surface area contributed by atoms with Crippen LogP contribution in [0.4, 0.5) is 5.69 Å². The standard InChI is InChI=1S/C19H21ClN2O/c1-3-22(4-2)18-17(13-8-6-5-7-9-13)15-12-14(20)10-11-16(15)21-19(18)23/h5-12,17-18H,3-4H2,1-2H3,(H,21,23)/p+1/t17-,18+/m0/s1. The monoisotopic (exact) mass is 329 g/mol. The number of halogens is 1. The molecule has 0 unspecified atom stereocenters. The third-order valence-electron chi connectivity index (χ3n) is 4.73. The van der Waals surface area contributed by atoms with Gasteiger partial charge in [-0.15, -0.1) is 0 Å². The smallest absolute Gasteiger partial charge is 0.283 e. The number of benzene rings is 2. The van der Waals surface area contributed by atoms with Crippen molar-refractivity contribution in [3.05, 3.63) is 64.7 Å². The average molecular weight is 330 g/mol. The first-order chi connectivity index (χ1) is 11.2. The second-order valence-electron chi connectivity index (χ2n) is 5.95. The van der Waals surface area contributed by atoms with Gasteiger partial charge in [0.25, 0.3) is 5.91 Å². The first-order valence-corrected chi connectivity index (χ1v) is 8.53. The van der Waals surface area contributed by atoms with Crippen LogP contribution in [0, 0.1) is 0 Å². The van der Waals surface area contributed by atoms with Crippen LogP contribution in [-0.2, 0) is 4.79 Å². The molecule has 0 radical (unpaired) electrons. The number of hydrogen-bond acceptors (Lipinski definition) is 1. The lowest BCUT2D eigenvalue weighted by atomic mass is 9.80. The van der Waals surface area contributed by atoms with Crippen molar-refractivity contribution in [2.45, 2.75) is 25.8 Å². The average Bonchev–Trinajstić information content (AvgIpc) is 2.57. The Balaban J connectivity index is 2.17. The topological polar surface area (TPSA) is 33.5 Å². The van der Waals surface area contributed by atoms with Crippen molar-refractivity contribution in [3.63, 3.8) is 0 Å². The van der Waals surface area contributed by atoms with Crippen LogP contribution in [0.25, 0.3) is 0 Å². The molecule has 0 spiro atoms. The molecular weight excluding hydrogens is 308 g/mol. The Morgan fingerprint density at radius 3 is 2.43 bits per heavy atom. The lowest BCUT2D eigenvalue weighted by Gasteiger charge is -2.37. The Morgan fingerprint density at radius 1 is 1.09 bits per heavy atom. The van der Waals surface area contributed by atoms with Crippen molar-refractivity contribution >= 4 is 23.2 Å². The van der Waals surface area contributed by atoms with E-state index in [1.807, 2.05) is 36.4 Å². The van der Waals surface area contributed by atoms with E-state index in [1.165, 1.54) is 4.90 Å². The minimum absolute atomic E-state index is 0.0218. The predicted molar refractivity (Wildman–Crippen MR) is 94.2 cm³/mol. The summed E-state index contributed by atoms with van der Waals surface area (Å²) in [6, 6.07) is 15.8. The van der Waals surface area contributed by atoms with Crippen LogP contribution in [0.15, 0.2) is 48.5 Å². The second-order valence-corrected chi connectivity index (χ2v) is 6.39. The van der Waals surface area contributed by atoms with Gasteiger partial charge < -0.3 is 10.2 Å². The van der Waals surface area contributed by atoms with Gasteiger partial charge in [0.05, 0.1) is 19.0 Å². The quantitative estimate of drug-likeness (QED) is 0.888. The van der Waals surface area contributed by atoms with Gasteiger partial charge in [0.15, 0.2) is 6.04 Å². The first-order valence-electron chi connectivity index (χ1n) is 8.15. The highest BCUT2D eigenvalue weighted by Gasteiger charge is 2.42. The molecule has 0 fully saturated rings. The number of anilines is 1. The first kappa shape index (κ1) is 16.0. The highest BCUT2D eigenvalue weighted by molar-refractivity contribution is 6.30. The number of hydrogen-bond donors (Lipinski definition) is 2. The number of nitrogens with one attached hydrogen (secondary N) is 2. The fourth-order valence-corrected chi connectivity index (χ4v) is 3.77. The summed E-state index contributed by atoms with van der Waals surface area (Å²) in [5, 5.41) is 3.77. The fraction of sp³-hybridized carbons (Fsp3) is 0.316.